The molecule has 0 heterocycles. The van der Waals surface area contributed by atoms with Crippen molar-refractivity contribution in [3.05, 3.63) is 25.7 Å². The Morgan fingerprint density at radius 1 is 1.00 bits per heavy atom. The first-order valence-electron chi connectivity index (χ1n) is 6.21. The molecule has 16 heavy (non-hydrogen) atoms. The molecule has 0 radical (unpaired) electrons. The fourth-order valence-corrected chi connectivity index (χ4v) is 2.65. The molecule has 1 aliphatic rings. The molecule has 4 atom stereocenters. The second kappa shape index (κ2) is 6.62. The molecule has 0 bridgehead atoms. The van der Waals surface area contributed by atoms with Gasteiger partial charge in [-0.2, -0.15) is 0 Å². The lowest BCUT2D eigenvalue weighted by molar-refractivity contribution is 0.0243. The normalized spacial score (nSPS) is 28.9. The number of ether oxygens (including phenoxy) is 2. The first kappa shape index (κ1) is 13.1. The second-order valence-electron chi connectivity index (χ2n) is 4.70. The summed E-state index contributed by atoms with van der Waals surface area (Å²) in [6.45, 7) is 11.5. The molecule has 2 nitrogen and oxygen atoms in total. The van der Waals surface area contributed by atoms with Crippen LogP contribution < -0.4 is 0 Å². The minimum atomic E-state index is 0.274. The summed E-state index contributed by atoms with van der Waals surface area (Å²) in [5.74, 6) is 1.26. The maximum atomic E-state index is 5.47. The van der Waals surface area contributed by atoms with Crippen LogP contribution in [0.1, 0.15) is 39.5 Å². The van der Waals surface area contributed by atoms with Crippen LogP contribution in [0, 0.1) is 11.8 Å². The van der Waals surface area contributed by atoms with Crippen molar-refractivity contribution in [2.45, 2.75) is 51.7 Å². The summed E-state index contributed by atoms with van der Waals surface area (Å²) in [7, 11) is 0. The Balaban J connectivity index is 2.45. The highest BCUT2D eigenvalue weighted by atomic mass is 16.5. The van der Waals surface area contributed by atoms with Crippen LogP contribution in [0.3, 0.4) is 0 Å². The highest BCUT2D eigenvalue weighted by Crippen LogP contribution is 2.34. The molecule has 92 valence electrons. The van der Waals surface area contributed by atoms with Crippen molar-refractivity contribution in [3.63, 3.8) is 0 Å². The Morgan fingerprint density at radius 2 is 1.44 bits per heavy atom. The van der Waals surface area contributed by atoms with E-state index in [1.165, 1.54) is 25.7 Å². The molecule has 0 aromatic rings. The van der Waals surface area contributed by atoms with Gasteiger partial charge in [0, 0.05) is 0 Å². The highest BCUT2D eigenvalue weighted by Gasteiger charge is 2.30. The highest BCUT2D eigenvalue weighted by molar-refractivity contribution is 4.81. The van der Waals surface area contributed by atoms with Crippen LogP contribution in [0.5, 0.6) is 0 Å². The smallest absolute Gasteiger partial charge is 0.0978 e. The van der Waals surface area contributed by atoms with Crippen molar-refractivity contribution in [3.8, 4) is 0 Å². The van der Waals surface area contributed by atoms with Crippen molar-refractivity contribution in [1.82, 2.24) is 0 Å². The minimum Gasteiger partial charge on any atom is -0.499 e. The average molecular weight is 224 g/mol. The van der Waals surface area contributed by atoms with Gasteiger partial charge < -0.3 is 9.47 Å². The Hall–Kier alpha value is -0.920. The topological polar surface area (TPSA) is 18.5 Å². The molecule has 2 heteroatoms. The van der Waals surface area contributed by atoms with Gasteiger partial charge in [-0.15, -0.1) is 0 Å². The molecule has 0 saturated heterocycles. The predicted molar refractivity (Wildman–Crippen MR) is 66.9 cm³/mol. The summed E-state index contributed by atoms with van der Waals surface area (Å²) >= 11 is 0. The van der Waals surface area contributed by atoms with Crippen molar-refractivity contribution in [2.24, 2.45) is 11.8 Å². The lowest BCUT2D eigenvalue weighted by atomic mass is 9.77. The van der Waals surface area contributed by atoms with E-state index in [0.717, 1.165) is 0 Å². The van der Waals surface area contributed by atoms with Gasteiger partial charge in [-0.3, -0.25) is 0 Å². The quantitative estimate of drug-likeness (QED) is 0.637. The molecule has 1 rings (SSSR count). The lowest BCUT2D eigenvalue weighted by Crippen LogP contribution is -2.31. The summed E-state index contributed by atoms with van der Waals surface area (Å²) in [6, 6.07) is 0. The molecule has 0 amide bonds. The summed E-state index contributed by atoms with van der Waals surface area (Å²) < 4.78 is 10.9. The fraction of sp³-hybridized carbons (Fsp3) is 0.714. The zero-order valence-corrected chi connectivity index (χ0v) is 10.5. The fourth-order valence-electron chi connectivity index (χ4n) is 2.65. The van der Waals surface area contributed by atoms with Crippen LogP contribution in [-0.2, 0) is 9.47 Å². The van der Waals surface area contributed by atoms with E-state index in [4.69, 9.17) is 9.47 Å². The molecule has 1 fully saturated rings. The molecule has 1 saturated carbocycles. The summed E-state index contributed by atoms with van der Waals surface area (Å²) in [4.78, 5) is 0. The molecule has 1 aliphatic carbocycles. The van der Waals surface area contributed by atoms with Gasteiger partial charge in [-0.25, -0.2) is 0 Å². The maximum absolute atomic E-state index is 5.47. The van der Waals surface area contributed by atoms with Gasteiger partial charge in [0.1, 0.15) is 0 Å². The Kier molecular flexibility index (Phi) is 5.44. The van der Waals surface area contributed by atoms with Crippen molar-refractivity contribution in [1.29, 1.82) is 0 Å². The molecule has 0 N–H and O–H groups in total. The van der Waals surface area contributed by atoms with E-state index in [1.807, 2.05) is 0 Å². The molecule has 0 aromatic carbocycles. The third kappa shape index (κ3) is 3.58. The van der Waals surface area contributed by atoms with E-state index in [1.54, 1.807) is 12.5 Å². The molecular formula is C14H24O2. The molecule has 4 unspecified atom stereocenters. The van der Waals surface area contributed by atoms with Gasteiger partial charge in [0.15, 0.2) is 0 Å². The van der Waals surface area contributed by atoms with Gasteiger partial charge in [-0.1, -0.05) is 19.6 Å². The minimum absolute atomic E-state index is 0.274. The first-order chi connectivity index (χ1) is 7.69. The number of hydrogen-bond donors (Lipinski definition) is 0. The monoisotopic (exact) mass is 224 g/mol. The van der Waals surface area contributed by atoms with Crippen molar-refractivity contribution < 1.29 is 9.47 Å². The van der Waals surface area contributed by atoms with Crippen LogP contribution >= 0.6 is 0 Å². The summed E-state index contributed by atoms with van der Waals surface area (Å²) in [5.41, 5.74) is 0. The number of rotatable bonds is 6. The Labute approximate surface area is 99.3 Å². The molecule has 0 aliphatic heterocycles. The molecule has 0 aromatic heterocycles. The standard InChI is InChI=1S/C14H24O2/c1-5-15-11(3)13-8-7-9-14(10-13)12(4)16-6-2/h5-6,11-14H,1-2,7-10H2,3-4H3. The van der Waals surface area contributed by atoms with Crippen LogP contribution in [0.4, 0.5) is 0 Å². The summed E-state index contributed by atoms with van der Waals surface area (Å²) in [6.07, 6.45) is 8.62. The second-order valence-corrected chi connectivity index (χ2v) is 4.70. The van der Waals surface area contributed by atoms with Crippen LogP contribution in [0.25, 0.3) is 0 Å². The zero-order valence-electron chi connectivity index (χ0n) is 10.5. The maximum Gasteiger partial charge on any atom is 0.0978 e. The third-order valence-corrected chi connectivity index (χ3v) is 3.70. The first-order valence-corrected chi connectivity index (χ1v) is 6.21. The predicted octanol–water partition coefficient (Wildman–Crippen LogP) is 3.89. The van der Waals surface area contributed by atoms with Crippen LogP contribution in [-0.4, -0.2) is 12.2 Å². The van der Waals surface area contributed by atoms with Crippen molar-refractivity contribution in [2.75, 3.05) is 0 Å². The number of hydrogen-bond acceptors (Lipinski definition) is 2. The van der Waals surface area contributed by atoms with Crippen LogP contribution in [0.2, 0.25) is 0 Å². The van der Waals surface area contributed by atoms with E-state index >= 15 is 0 Å². The largest absolute Gasteiger partial charge is 0.499 e. The summed E-state index contributed by atoms with van der Waals surface area (Å²) in [5, 5.41) is 0. The SMILES string of the molecule is C=COC(C)C1CCCC(C(C)OC=C)C1. The third-order valence-electron chi connectivity index (χ3n) is 3.70. The van der Waals surface area contributed by atoms with E-state index in [9.17, 15) is 0 Å². The van der Waals surface area contributed by atoms with Crippen molar-refractivity contribution >= 4 is 0 Å². The van der Waals surface area contributed by atoms with Gasteiger partial charge in [0.2, 0.25) is 0 Å². The van der Waals surface area contributed by atoms with Gasteiger partial charge >= 0.3 is 0 Å². The zero-order chi connectivity index (χ0) is 12.0. The van der Waals surface area contributed by atoms with E-state index in [0.29, 0.717) is 11.8 Å². The van der Waals surface area contributed by atoms with Crippen LogP contribution in [0.15, 0.2) is 25.7 Å². The van der Waals surface area contributed by atoms with Gasteiger partial charge in [-0.05, 0) is 44.9 Å². The average Bonchev–Trinajstić information content (AvgIpc) is 2.30. The van der Waals surface area contributed by atoms with E-state index in [2.05, 4.69) is 27.0 Å². The molecular weight excluding hydrogens is 200 g/mol. The van der Waals surface area contributed by atoms with Gasteiger partial charge in [0.25, 0.3) is 0 Å². The van der Waals surface area contributed by atoms with E-state index < -0.39 is 0 Å². The van der Waals surface area contributed by atoms with E-state index in [-0.39, 0.29) is 12.2 Å². The lowest BCUT2D eigenvalue weighted by Gasteiger charge is -2.34. The Bertz CT molecular complexity index is 203. The Morgan fingerprint density at radius 3 is 1.81 bits per heavy atom. The van der Waals surface area contributed by atoms with Gasteiger partial charge in [0.05, 0.1) is 24.7 Å². The molecule has 0 spiro atoms.